The Bertz CT molecular complexity index is 909. The van der Waals surface area contributed by atoms with Gasteiger partial charge in [0.25, 0.3) is 5.91 Å². The smallest absolute Gasteiger partial charge is 0.254 e. The molecule has 0 aromatic carbocycles. The zero-order valence-corrected chi connectivity index (χ0v) is 16.2. The highest BCUT2D eigenvalue weighted by atomic mass is 32.1. The van der Waals surface area contributed by atoms with Gasteiger partial charge in [0.05, 0.1) is 27.7 Å². The number of carbonyl (C=O) groups is 1. The first-order valence-electron chi connectivity index (χ1n) is 8.63. The van der Waals surface area contributed by atoms with Crippen molar-refractivity contribution in [3.05, 3.63) is 34.8 Å². The molecular weight excluding hydrogens is 332 g/mol. The fourth-order valence-corrected chi connectivity index (χ4v) is 3.74. The average Bonchev–Trinajstić information content (AvgIpc) is 3.19. The molecule has 25 heavy (non-hydrogen) atoms. The van der Waals surface area contributed by atoms with Crippen LogP contribution >= 0.6 is 11.3 Å². The highest BCUT2D eigenvalue weighted by molar-refractivity contribution is 7.15. The average molecular weight is 356 g/mol. The van der Waals surface area contributed by atoms with Crippen LogP contribution in [0.1, 0.15) is 48.5 Å². The Balaban J connectivity index is 2.21. The van der Waals surface area contributed by atoms with E-state index in [1.807, 2.05) is 17.8 Å². The fraction of sp³-hybridized carbons (Fsp3) is 0.421. The molecule has 3 aromatic rings. The van der Waals surface area contributed by atoms with Gasteiger partial charge in [0.1, 0.15) is 0 Å². The highest BCUT2D eigenvalue weighted by Crippen LogP contribution is 2.31. The molecule has 0 spiro atoms. The number of carbonyl (C=O) groups excluding carboxylic acids is 1. The van der Waals surface area contributed by atoms with Crippen LogP contribution in [0.5, 0.6) is 0 Å². The molecule has 0 radical (unpaired) electrons. The molecule has 0 saturated heterocycles. The van der Waals surface area contributed by atoms with Gasteiger partial charge in [-0.15, -0.1) is 11.3 Å². The van der Waals surface area contributed by atoms with Crippen LogP contribution in [0, 0.1) is 6.92 Å². The van der Waals surface area contributed by atoms with Gasteiger partial charge in [0.15, 0.2) is 5.65 Å². The summed E-state index contributed by atoms with van der Waals surface area (Å²) in [5, 5.41) is 5.29. The minimum absolute atomic E-state index is 0.0204. The number of aryl methyl sites for hydroxylation is 1. The monoisotopic (exact) mass is 356 g/mol. The Morgan fingerprint density at radius 1 is 1.36 bits per heavy atom. The van der Waals surface area contributed by atoms with Gasteiger partial charge in [-0.05, 0) is 45.4 Å². The molecule has 0 unspecified atom stereocenters. The Morgan fingerprint density at radius 2 is 2.12 bits per heavy atom. The first-order chi connectivity index (χ1) is 11.9. The number of hydrogen-bond donors (Lipinski definition) is 0. The number of aromatic nitrogens is 3. The van der Waals surface area contributed by atoms with Crippen LogP contribution in [0.3, 0.4) is 0 Å². The summed E-state index contributed by atoms with van der Waals surface area (Å²) in [4.78, 5) is 21.9. The molecular formula is C19H24N4OS. The van der Waals surface area contributed by atoms with Gasteiger partial charge >= 0.3 is 0 Å². The summed E-state index contributed by atoms with van der Waals surface area (Å²) in [6.45, 7) is 9.02. The third kappa shape index (κ3) is 3.31. The first kappa shape index (κ1) is 17.6. The van der Waals surface area contributed by atoms with E-state index in [1.165, 1.54) is 4.88 Å². The van der Waals surface area contributed by atoms with Crippen molar-refractivity contribution in [2.24, 2.45) is 0 Å². The van der Waals surface area contributed by atoms with Gasteiger partial charge in [-0.1, -0.05) is 6.92 Å². The maximum atomic E-state index is 13.0. The number of rotatable bonds is 5. The van der Waals surface area contributed by atoms with Crippen LogP contribution in [0.25, 0.3) is 21.6 Å². The van der Waals surface area contributed by atoms with Gasteiger partial charge in [-0.3, -0.25) is 4.79 Å². The van der Waals surface area contributed by atoms with Gasteiger partial charge in [-0.2, -0.15) is 5.10 Å². The Hall–Kier alpha value is -2.21. The maximum absolute atomic E-state index is 13.0. The van der Waals surface area contributed by atoms with Crippen molar-refractivity contribution in [3.8, 4) is 10.6 Å². The van der Waals surface area contributed by atoms with Crippen molar-refractivity contribution in [2.75, 3.05) is 13.6 Å². The van der Waals surface area contributed by atoms with Crippen molar-refractivity contribution in [1.29, 1.82) is 0 Å². The summed E-state index contributed by atoms with van der Waals surface area (Å²) in [6, 6.07) is 6.24. The predicted molar refractivity (Wildman–Crippen MR) is 103 cm³/mol. The lowest BCUT2D eigenvalue weighted by Crippen LogP contribution is -2.27. The summed E-state index contributed by atoms with van der Waals surface area (Å²) < 4.78 is 1.88. The van der Waals surface area contributed by atoms with E-state index in [1.54, 1.807) is 22.4 Å². The second kappa shape index (κ2) is 6.96. The van der Waals surface area contributed by atoms with Gasteiger partial charge in [-0.25, -0.2) is 9.67 Å². The molecule has 6 heteroatoms. The maximum Gasteiger partial charge on any atom is 0.254 e. The zero-order chi connectivity index (χ0) is 18.1. The number of hydrogen-bond acceptors (Lipinski definition) is 4. The van der Waals surface area contributed by atoms with Gasteiger partial charge < -0.3 is 4.90 Å². The van der Waals surface area contributed by atoms with E-state index in [0.717, 1.165) is 34.6 Å². The van der Waals surface area contributed by atoms with Crippen LogP contribution in [0.4, 0.5) is 0 Å². The molecule has 3 heterocycles. The molecule has 0 aliphatic rings. The zero-order valence-electron chi connectivity index (χ0n) is 15.4. The number of nitrogens with zero attached hydrogens (tertiary/aromatic N) is 4. The van der Waals surface area contributed by atoms with Gasteiger partial charge in [0.2, 0.25) is 0 Å². The topological polar surface area (TPSA) is 51.0 Å². The second-order valence-electron chi connectivity index (χ2n) is 6.61. The summed E-state index contributed by atoms with van der Waals surface area (Å²) in [6.07, 6.45) is 2.69. The molecule has 5 nitrogen and oxygen atoms in total. The molecule has 1 amide bonds. The summed E-state index contributed by atoms with van der Waals surface area (Å²) >= 11 is 1.69. The summed E-state index contributed by atoms with van der Waals surface area (Å²) in [5.74, 6) is 0.0204. The lowest BCUT2D eigenvalue weighted by Gasteiger charge is -2.17. The largest absolute Gasteiger partial charge is 0.342 e. The Kier molecular flexibility index (Phi) is 4.90. The molecule has 0 atom stereocenters. The molecule has 0 saturated carbocycles. The van der Waals surface area contributed by atoms with Crippen LogP contribution in [-0.2, 0) is 0 Å². The van der Waals surface area contributed by atoms with Crippen LogP contribution in [0.2, 0.25) is 0 Å². The standard InChI is InChI=1S/C19H24N4OS/c1-6-9-22(5)19(24)14-10-16(17-8-7-13(4)25-17)21-18-15(14)11-20-23(18)12(2)3/h7-8,10-12H,6,9H2,1-5H3. The van der Waals surface area contributed by atoms with Crippen LogP contribution < -0.4 is 0 Å². The number of fused-ring (bicyclic) bond motifs is 1. The Morgan fingerprint density at radius 3 is 2.72 bits per heavy atom. The molecule has 0 fully saturated rings. The molecule has 0 bridgehead atoms. The van der Waals surface area contributed by atoms with E-state index in [-0.39, 0.29) is 11.9 Å². The third-order valence-electron chi connectivity index (χ3n) is 4.18. The van der Waals surface area contributed by atoms with Crippen molar-refractivity contribution in [2.45, 2.75) is 40.2 Å². The van der Waals surface area contributed by atoms with Crippen LogP contribution in [-0.4, -0.2) is 39.2 Å². The normalized spacial score (nSPS) is 11.4. The van der Waals surface area contributed by atoms with Crippen molar-refractivity contribution < 1.29 is 4.79 Å². The van der Waals surface area contributed by atoms with Crippen molar-refractivity contribution in [3.63, 3.8) is 0 Å². The molecule has 3 rings (SSSR count). The molecule has 0 aliphatic heterocycles. The van der Waals surface area contributed by atoms with Crippen molar-refractivity contribution in [1.82, 2.24) is 19.7 Å². The molecule has 0 aliphatic carbocycles. The summed E-state index contributed by atoms with van der Waals surface area (Å²) in [5.41, 5.74) is 2.28. The lowest BCUT2D eigenvalue weighted by molar-refractivity contribution is 0.0797. The van der Waals surface area contributed by atoms with E-state index in [9.17, 15) is 4.79 Å². The quantitative estimate of drug-likeness (QED) is 0.675. The number of pyridine rings is 1. The van der Waals surface area contributed by atoms with Crippen LogP contribution in [0.15, 0.2) is 24.4 Å². The lowest BCUT2D eigenvalue weighted by atomic mass is 10.1. The van der Waals surface area contributed by atoms with E-state index in [2.05, 4.69) is 44.9 Å². The SMILES string of the molecule is CCCN(C)C(=O)c1cc(-c2ccc(C)s2)nc2c1cnn2C(C)C. The third-order valence-corrected chi connectivity index (χ3v) is 5.21. The Labute approximate surface area is 152 Å². The number of thiophene rings is 1. The fourth-order valence-electron chi connectivity index (χ4n) is 2.91. The van der Waals surface area contributed by atoms with E-state index < -0.39 is 0 Å². The van der Waals surface area contributed by atoms with Gasteiger partial charge in [0, 0.05) is 24.5 Å². The second-order valence-corrected chi connectivity index (χ2v) is 7.90. The summed E-state index contributed by atoms with van der Waals surface area (Å²) in [7, 11) is 1.85. The minimum atomic E-state index is 0.0204. The van der Waals surface area contributed by atoms with E-state index in [4.69, 9.17) is 4.98 Å². The highest BCUT2D eigenvalue weighted by Gasteiger charge is 2.21. The number of amides is 1. The van der Waals surface area contributed by atoms with Crippen molar-refractivity contribution >= 4 is 28.3 Å². The van der Waals surface area contributed by atoms with E-state index >= 15 is 0 Å². The predicted octanol–water partition coefficient (Wildman–Crippen LogP) is 4.53. The molecule has 3 aromatic heterocycles. The molecule has 132 valence electrons. The molecule has 0 N–H and O–H groups in total. The first-order valence-corrected chi connectivity index (χ1v) is 9.44. The minimum Gasteiger partial charge on any atom is -0.342 e. The van der Waals surface area contributed by atoms with E-state index in [0.29, 0.717) is 5.56 Å².